The molecule has 1 aliphatic rings. The standard InChI is InChI=1S/C14H18ClNO4S/c1-10-8-16(9-13(10)14(17)18)6-7-21(19,20)12-4-2-11(15)3-5-12/h2-5,10,13H,6-9H2,1H3,(H,17,18). The van der Waals surface area contributed by atoms with E-state index in [2.05, 4.69) is 0 Å². The Morgan fingerprint density at radius 1 is 1.33 bits per heavy atom. The van der Waals surface area contributed by atoms with Crippen molar-refractivity contribution < 1.29 is 18.3 Å². The maximum Gasteiger partial charge on any atom is 0.308 e. The molecule has 21 heavy (non-hydrogen) atoms. The van der Waals surface area contributed by atoms with Gasteiger partial charge in [0, 0.05) is 24.7 Å². The Kier molecular flexibility index (Phi) is 4.91. The zero-order valence-electron chi connectivity index (χ0n) is 11.7. The largest absolute Gasteiger partial charge is 0.481 e. The number of benzene rings is 1. The number of hydrogen-bond acceptors (Lipinski definition) is 4. The van der Waals surface area contributed by atoms with E-state index in [9.17, 15) is 13.2 Å². The molecular formula is C14H18ClNO4S. The van der Waals surface area contributed by atoms with Gasteiger partial charge in [-0.15, -0.1) is 0 Å². The SMILES string of the molecule is CC1CN(CCS(=O)(=O)c2ccc(Cl)cc2)CC1C(=O)O. The van der Waals surface area contributed by atoms with Crippen molar-refractivity contribution in [3.8, 4) is 0 Å². The quantitative estimate of drug-likeness (QED) is 0.890. The lowest BCUT2D eigenvalue weighted by Gasteiger charge is -2.15. The number of carboxylic acid groups (broad SMARTS) is 1. The smallest absolute Gasteiger partial charge is 0.308 e. The van der Waals surface area contributed by atoms with Gasteiger partial charge in [0.15, 0.2) is 9.84 Å². The zero-order valence-corrected chi connectivity index (χ0v) is 13.3. The van der Waals surface area contributed by atoms with Gasteiger partial charge in [-0.25, -0.2) is 8.42 Å². The predicted octanol–water partition coefficient (Wildman–Crippen LogP) is 1.77. The molecule has 0 spiro atoms. The molecule has 2 unspecified atom stereocenters. The van der Waals surface area contributed by atoms with Crippen LogP contribution >= 0.6 is 11.6 Å². The molecule has 1 N–H and O–H groups in total. The van der Waals surface area contributed by atoms with Crippen LogP contribution in [0.5, 0.6) is 0 Å². The first-order chi connectivity index (χ1) is 9.79. The molecule has 0 amide bonds. The highest BCUT2D eigenvalue weighted by Gasteiger charge is 2.34. The third kappa shape index (κ3) is 3.96. The van der Waals surface area contributed by atoms with Crippen molar-refractivity contribution in [2.24, 2.45) is 11.8 Å². The first-order valence-electron chi connectivity index (χ1n) is 6.73. The molecule has 2 rings (SSSR count). The second-order valence-electron chi connectivity index (χ2n) is 5.45. The molecule has 116 valence electrons. The summed E-state index contributed by atoms with van der Waals surface area (Å²) in [7, 11) is -3.37. The lowest BCUT2D eigenvalue weighted by atomic mass is 9.99. The third-order valence-electron chi connectivity index (χ3n) is 3.85. The fraction of sp³-hybridized carbons (Fsp3) is 0.500. The van der Waals surface area contributed by atoms with Gasteiger partial charge in [0.1, 0.15) is 0 Å². The monoisotopic (exact) mass is 331 g/mol. The van der Waals surface area contributed by atoms with Crippen LogP contribution in [0.15, 0.2) is 29.2 Å². The summed E-state index contributed by atoms with van der Waals surface area (Å²) >= 11 is 5.75. The molecule has 0 radical (unpaired) electrons. The molecule has 2 atom stereocenters. The number of likely N-dealkylation sites (tertiary alicyclic amines) is 1. The van der Waals surface area contributed by atoms with Gasteiger partial charge in [0.25, 0.3) is 0 Å². The maximum atomic E-state index is 12.2. The average molecular weight is 332 g/mol. The van der Waals surface area contributed by atoms with E-state index in [4.69, 9.17) is 16.7 Å². The fourth-order valence-electron chi connectivity index (χ4n) is 2.58. The van der Waals surface area contributed by atoms with Crippen LogP contribution in [0.4, 0.5) is 0 Å². The van der Waals surface area contributed by atoms with E-state index in [0.717, 1.165) is 0 Å². The van der Waals surface area contributed by atoms with Crippen LogP contribution in [0.2, 0.25) is 5.02 Å². The van der Waals surface area contributed by atoms with Crippen molar-refractivity contribution in [3.63, 3.8) is 0 Å². The number of carboxylic acids is 1. The summed E-state index contributed by atoms with van der Waals surface area (Å²) in [4.78, 5) is 13.2. The first kappa shape index (κ1) is 16.3. The van der Waals surface area contributed by atoms with Crippen LogP contribution in [0.1, 0.15) is 6.92 Å². The number of sulfone groups is 1. The van der Waals surface area contributed by atoms with Crippen molar-refractivity contribution >= 4 is 27.4 Å². The van der Waals surface area contributed by atoms with Gasteiger partial charge < -0.3 is 10.0 Å². The number of hydrogen-bond donors (Lipinski definition) is 1. The van der Waals surface area contributed by atoms with Crippen molar-refractivity contribution in [2.75, 3.05) is 25.4 Å². The number of carbonyl (C=O) groups is 1. The van der Waals surface area contributed by atoms with Crippen molar-refractivity contribution in [1.29, 1.82) is 0 Å². The van der Waals surface area contributed by atoms with E-state index in [0.29, 0.717) is 24.7 Å². The van der Waals surface area contributed by atoms with Crippen molar-refractivity contribution in [3.05, 3.63) is 29.3 Å². The minimum atomic E-state index is -3.37. The summed E-state index contributed by atoms with van der Waals surface area (Å²) in [6.45, 7) is 3.26. The summed E-state index contributed by atoms with van der Waals surface area (Å²) < 4.78 is 24.4. The van der Waals surface area contributed by atoms with E-state index in [1.54, 1.807) is 12.1 Å². The summed E-state index contributed by atoms with van der Waals surface area (Å²) in [5.41, 5.74) is 0. The van der Waals surface area contributed by atoms with E-state index in [-0.39, 0.29) is 16.6 Å². The Balaban J connectivity index is 1.97. The first-order valence-corrected chi connectivity index (χ1v) is 8.76. The molecule has 0 bridgehead atoms. The van der Waals surface area contributed by atoms with Gasteiger partial charge in [-0.2, -0.15) is 0 Å². The lowest BCUT2D eigenvalue weighted by Crippen LogP contribution is -2.28. The van der Waals surface area contributed by atoms with Crippen LogP contribution in [0.25, 0.3) is 0 Å². The number of aliphatic carboxylic acids is 1. The van der Waals surface area contributed by atoms with E-state index in [1.807, 2.05) is 11.8 Å². The van der Waals surface area contributed by atoms with Crippen LogP contribution in [-0.2, 0) is 14.6 Å². The lowest BCUT2D eigenvalue weighted by molar-refractivity contribution is -0.142. The fourth-order valence-corrected chi connectivity index (χ4v) is 3.99. The second-order valence-corrected chi connectivity index (χ2v) is 8.00. The van der Waals surface area contributed by atoms with Gasteiger partial charge >= 0.3 is 5.97 Å². The molecule has 7 heteroatoms. The van der Waals surface area contributed by atoms with Crippen molar-refractivity contribution in [2.45, 2.75) is 11.8 Å². The summed E-state index contributed by atoms with van der Waals surface area (Å²) in [6.07, 6.45) is 0. The molecule has 1 aromatic rings. The molecular weight excluding hydrogens is 314 g/mol. The molecule has 1 aliphatic heterocycles. The van der Waals surface area contributed by atoms with Crippen molar-refractivity contribution in [1.82, 2.24) is 4.90 Å². The van der Waals surface area contributed by atoms with Gasteiger partial charge in [0.2, 0.25) is 0 Å². The number of halogens is 1. The van der Waals surface area contributed by atoms with Crippen LogP contribution in [0.3, 0.4) is 0 Å². The maximum absolute atomic E-state index is 12.2. The normalized spacial score (nSPS) is 23.3. The summed E-state index contributed by atoms with van der Waals surface area (Å²) in [5.74, 6) is -1.21. The number of nitrogens with zero attached hydrogens (tertiary/aromatic N) is 1. The Morgan fingerprint density at radius 2 is 1.95 bits per heavy atom. The highest BCUT2D eigenvalue weighted by atomic mass is 35.5. The highest BCUT2D eigenvalue weighted by molar-refractivity contribution is 7.91. The summed E-state index contributed by atoms with van der Waals surface area (Å²) in [5, 5.41) is 9.57. The minimum Gasteiger partial charge on any atom is -0.481 e. The van der Waals surface area contributed by atoms with Crippen LogP contribution in [0, 0.1) is 11.8 Å². The van der Waals surface area contributed by atoms with E-state index >= 15 is 0 Å². The molecule has 1 fully saturated rings. The van der Waals surface area contributed by atoms with Gasteiger partial charge in [-0.1, -0.05) is 18.5 Å². The van der Waals surface area contributed by atoms with Gasteiger partial charge in [-0.05, 0) is 30.2 Å². The topological polar surface area (TPSA) is 74.7 Å². The van der Waals surface area contributed by atoms with E-state index in [1.165, 1.54) is 12.1 Å². The molecule has 1 saturated heterocycles. The third-order valence-corrected chi connectivity index (χ3v) is 5.82. The molecule has 0 aromatic heterocycles. The Morgan fingerprint density at radius 3 is 2.48 bits per heavy atom. The molecule has 5 nitrogen and oxygen atoms in total. The van der Waals surface area contributed by atoms with Gasteiger partial charge in [0.05, 0.1) is 16.6 Å². The second kappa shape index (κ2) is 6.34. The molecule has 1 heterocycles. The molecule has 0 aliphatic carbocycles. The Bertz CT molecular complexity index is 614. The molecule has 1 aromatic carbocycles. The van der Waals surface area contributed by atoms with Crippen LogP contribution < -0.4 is 0 Å². The number of rotatable bonds is 5. The minimum absolute atomic E-state index is 0.0201. The Labute approximate surface area is 129 Å². The average Bonchev–Trinajstić information content (AvgIpc) is 2.79. The Hall–Kier alpha value is -1.11. The predicted molar refractivity (Wildman–Crippen MR) is 80.2 cm³/mol. The summed E-state index contributed by atoms with van der Waals surface area (Å²) in [6, 6.07) is 6.08. The molecule has 0 saturated carbocycles. The highest BCUT2D eigenvalue weighted by Crippen LogP contribution is 2.23. The van der Waals surface area contributed by atoms with Gasteiger partial charge in [-0.3, -0.25) is 4.79 Å². The zero-order chi connectivity index (χ0) is 15.6. The van der Waals surface area contributed by atoms with E-state index < -0.39 is 21.7 Å². The van der Waals surface area contributed by atoms with Crippen LogP contribution in [-0.4, -0.2) is 49.8 Å².